The van der Waals surface area contributed by atoms with Gasteiger partial charge >= 0.3 is 6.03 Å². The second-order valence-electron chi connectivity index (χ2n) is 6.82. The predicted molar refractivity (Wildman–Crippen MR) is 112 cm³/mol. The highest BCUT2D eigenvalue weighted by molar-refractivity contribution is 6.28. The molecule has 0 bridgehead atoms. The van der Waals surface area contributed by atoms with E-state index in [-0.39, 0.29) is 11.6 Å². The van der Waals surface area contributed by atoms with Crippen LogP contribution in [0.25, 0.3) is 11.8 Å². The van der Waals surface area contributed by atoms with Crippen LogP contribution in [0.15, 0.2) is 66.4 Å². The molecule has 6 heteroatoms. The molecule has 0 unspecified atom stereocenters. The van der Waals surface area contributed by atoms with Crippen LogP contribution >= 0.6 is 0 Å². The maximum absolute atomic E-state index is 12.8. The Balaban J connectivity index is 1.68. The summed E-state index contributed by atoms with van der Waals surface area (Å²) in [5.74, 6) is 0.425. The number of nitrogens with one attached hydrogen (secondary N) is 1. The first-order valence-electron chi connectivity index (χ1n) is 9.25. The Labute approximate surface area is 169 Å². The van der Waals surface area contributed by atoms with E-state index in [9.17, 15) is 9.59 Å². The molecule has 3 amide bonds. The molecule has 0 saturated carbocycles. The quantitative estimate of drug-likeness (QED) is 0.539. The number of para-hydroxylation sites is 1. The minimum Gasteiger partial charge on any atom is -0.497 e. The van der Waals surface area contributed by atoms with Crippen LogP contribution in [0.3, 0.4) is 0 Å². The Morgan fingerprint density at radius 2 is 1.62 bits per heavy atom. The second kappa shape index (κ2) is 7.31. The lowest BCUT2D eigenvalue weighted by atomic mass is 10.2. The molecule has 0 spiro atoms. The average molecular weight is 387 g/mol. The topological polar surface area (TPSA) is 63.6 Å². The first-order valence-corrected chi connectivity index (χ1v) is 9.25. The number of rotatable bonds is 4. The molecule has 1 N–H and O–H groups in total. The van der Waals surface area contributed by atoms with Gasteiger partial charge in [-0.1, -0.05) is 18.2 Å². The fraction of sp³-hybridized carbons (Fsp3) is 0.130. The summed E-state index contributed by atoms with van der Waals surface area (Å²) in [7, 11) is 1.64. The van der Waals surface area contributed by atoms with Crippen molar-refractivity contribution in [1.29, 1.82) is 0 Å². The van der Waals surface area contributed by atoms with Crippen molar-refractivity contribution in [3.8, 4) is 11.4 Å². The van der Waals surface area contributed by atoms with Gasteiger partial charge in [-0.3, -0.25) is 4.79 Å². The molecule has 0 aliphatic carbocycles. The van der Waals surface area contributed by atoms with Crippen molar-refractivity contribution in [3.63, 3.8) is 0 Å². The highest BCUT2D eigenvalue weighted by Crippen LogP contribution is 2.26. The van der Waals surface area contributed by atoms with Crippen LogP contribution in [0, 0.1) is 13.8 Å². The number of anilines is 1. The van der Waals surface area contributed by atoms with E-state index in [0.717, 1.165) is 33.3 Å². The minimum atomic E-state index is -0.448. The van der Waals surface area contributed by atoms with Crippen LogP contribution in [0.5, 0.6) is 5.75 Å². The lowest BCUT2D eigenvalue weighted by molar-refractivity contribution is -0.113. The first-order chi connectivity index (χ1) is 14.0. The van der Waals surface area contributed by atoms with E-state index in [0.29, 0.717) is 5.69 Å². The number of hydrogen-bond acceptors (Lipinski definition) is 3. The number of aromatic nitrogens is 1. The number of hydrogen-bond donors (Lipinski definition) is 1. The Morgan fingerprint density at radius 3 is 2.28 bits per heavy atom. The summed E-state index contributed by atoms with van der Waals surface area (Å²) in [4.78, 5) is 26.3. The zero-order valence-corrected chi connectivity index (χ0v) is 16.5. The van der Waals surface area contributed by atoms with Crippen LogP contribution in [0.4, 0.5) is 10.5 Å². The van der Waals surface area contributed by atoms with Crippen LogP contribution in [-0.2, 0) is 4.79 Å². The van der Waals surface area contributed by atoms with E-state index in [2.05, 4.69) is 9.88 Å². The molecule has 1 aliphatic rings. The molecular formula is C23H21N3O3. The van der Waals surface area contributed by atoms with Crippen molar-refractivity contribution in [2.75, 3.05) is 12.0 Å². The number of methoxy groups -OCH3 is 1. The van der Waals surface area contributed by atoms with E-state index < -0.39 is 6.03 Å². The zero-order chi connectivity index (χ0) is 20.5. The van der Waals surface area contributed by atoms with Crippen molar-refractivity contribution in [1.82, 2.24) is 9.88 Å². The monoisotopic (exact) mass is 387 g/mol. The molecule has 2 heterocycles. The average Bonchev–Trinajstić information content (AvgIpc) is 3.17. The van der Waals surface area contributed by atoms with Gasteiger partial charge in [0.25, 0.3) is 5.91 Å². The van der Waals surface area contributed by atoms with Gasteiger partial charge in [0.2, 0.25) is 0 Å². The number of imide groups is 1. The van der Waals surface area contributed by atoms with Crippen molar-refractivity contribution in [2.24, 2.45) is 0 Å². The summed E-state index contributed by atoms with van der Waals surface area (Å²) in [5, 5.41) is 2.68. The number of aryl methyl sites for hydroxylation is 1. The van der Waals surface area contributed by atoms with E-state index in [1.807, 2.05) is 50.2 Å². The molecule has 1 aliphatic heterocycles. The summed E-state index contributed by atoms with van der Waals surface area (Å²) in [6, 6.07) is 18.2. The predicted octanol–water partition coefficient (Wildman–Crippen LogP) is 4.20. The third-order valence-electron chi connectivity index (χ3n) is 4.99. The largest absolute Gasteiger partial charge is 0.497 e. The summed E-state index contributed by atoms with van der Waals surface area (Å²) >= 11 is 0. The van der Waals surface area contributed by atoms with Gasteiger partial charge in [0.05, 0.1) is 12.8 Å². The van der Waals surface area contributed by atoms with Gasteiger partial charge in [-0.15, -0.1) is 0 Å². The molecule has 1 fully saturated rings. The molecule has 0 atom stereocenters. The number of carbonyl (C=O) groups excluding carboxylic acids is 2. The second-order valence-corrected chi connectivity index (χ2v) is 6.82. The van der Waals surface area contributed by atoms with Crippen LogP contribution in [0.2, 0.25) is 0 Å². The molecule has 146 valence electrons. The van der Waals surface area contributed by atoms with Crippen molar-refractivity contribution >= 4 is 23.7 Å². The van der Waals surface area contributed by atoms with E-state index >= 15 is 0 Å². The van der Waals surface area contributed by atoms with Gasteiger partial charge in [-0.2, -0.15) is 0 Å². The molecule has 1 saturated heterocycles. The molecule has 6 nitrogen and oxygen atoms in total. The SMILES string of the molecule is COc1ccc(-n2c(C)cc(C=C3NC(=O)N(c4ccccc4)C3=O)c2C)cc1. The summed E-state index contributed by atoms with van der Waals surface area (Å²) in [6.45, 7) is 3.99. The maximum atomic E-state index is 12.8. The molecule has 1 aromatic heterocycles. The number of carbonyl (C=O) groups is 2. The number of nitrogens with zero attached hydrogens (tertiary/aromatic N) is 2. The third-order valence-corrected chi connectivity index (χ3v) is 4.99. The Bertz CT molecular complexity index is 1110. The number of benzene rings is 2. The minimum absolute atomic E-state index is 0.258. The highest BCUT2D eigenvalue weighted by atomic mass is 16.5. The van der Waals surface area contributed by atoms with Crippen molar-refractivity contribution in [3.05, 3.63) is 83.3 Å². The van der Waals surface area contributed by atoms with Gasteiger partial charge in [-0.05, 0) is 68.0 Å². The number of amides is 3. The standard InChI is InChI=1S/C23H21N3O3/c1-15-13-17(16(2)25(15)19-9-11-20(29-3)12-10-19)14-21-22(27)26(23(28)24-21)18-7-5-4-6-8-18/h4-14H,1-3H3,(H,24,28). The zero-order valence-electron chi connectivity index (χ0n) is 16.5. The lowest BCUT2D eigenvalue weighted by Crippen LogP contribution is -2.30. The fourth-order valence-electron chi connectivity index (χ4n) is 3.56. The van der Waals surface area contributed by atoms with E-state index in [1.54, 1.807) is 37.5 Å². The van der Waals surface area contributed by atoms with E-state index in [4.69, 9.17) is 4.74 Å². The maximum Gasteiger partial charge on any atom is 0.333 e. The Morgan fingerprint density at radius 1 is 0.931 bits per heavy atom. The third kappa shape index (κ3) is 3.29. The summed E-state index contributed by atoms with van der Waals surface area (Å²) in [5.41, 5.74) is 4.67. The Hall–Kier alpha value is -3.80. The van der Waals surface area contributed by atoms with Crippen molar-refractivity contribution in [2.45, 2.75) is 13.8 Å². The Kier molecular flexibility index (Phi) is 4.68. The number of ether oxygens (including phenoxy) is 1. The van der Waals surface area contributed by atoms with Gasteiger partial charge in [-0.25, -0.2) is 9.69 Å². The normalized spacial score (nSPS) is 15.1. The van der Waals surface area contributed by atoms with Gasteiger partial charge in [0.15, 0.2) is 0 Å². The molecule has 3 aromatic rings. The molecule has 4 rings (SSSR count). The fourth-order valence-corrected chi connectivity index (χ4v) is 3.56. The molecule has 29 heavy (non-hydrogen) atoms. The van der Waals surface area contributed by atoms with Gasteiger partial charge in [0.1, 0.15) is 11.4 Å². The first kappa shape index (κ1) is 18.6. The summed E-state index contributed by atoms with van der Waals surface area (Å²) in [6.07, 6.45) is 1.73. The lowest BCUT2D eigenvalue weighted by Gasteiger charge is -2.11. The smallest absolute Gasteiger partial charge is 0.333 e. The van der Waals surface area contributed by atoms with E-state index in [1.165, 1.54) is 0 Å². The summed E-state index contributed by atoms with van der Waals surface area (Å²) < 4.78 is 7.33. The van der Waals surface area contributed by atoms with Crippen LogP contribution in [-0.4, -0.2) is 23.6 Å². The highest BCUT2D eigenvalue weighted by Gasteiger charge is 2.34. The molecule has 0 radical (unpaired) electrons. The van der Waals surface area contributed by atoms with Crippen LogP contribution in [0.1, 0.15) is 17.0 Å². The number of urea groups is 1. The molecular weight excluding hydrogens is 366 g/mol. The van der Waals surface area contributed by atoms with Crippen molar-refractivity contribution < 1.29 is 14.3 Å². The van der Waals surface area contributed by atoms with Gasteiger partial charge < -0.3 is 14.6 Å². The van der Waals surface area contributed by atoms with Gasteiger partial charge in [0, 0.05) is 17.1 Å². The van der Waals surface area contributed by atoms with Crippen LogP contribution < -0.4 is 15.0 Å². The molecule has 2 aromatic carbocycles.